The highest BCUT2D eigenvalue weighted by Gasteiger charge is 2.36. The van der Waals surface area contributed by atoms with Gasteiger partial charge in [-0.2, -0.15) is 4.31 Å². The van der Waals surface area contributed by atoms with Crippen LogP contribution in [0.15, 0.2) is 47.9 Å². The van der Waals surface area contributed by atoms with E-state index in [1.807, 2.05) is 12.1 Å². The number of rotatable bonds is 5. The van der Waals surface area contributed by atoms with Crippen LogP contribution in [0.25, 0.3) is 0 Å². The summed E-state index contributed by atoms with van der Waals surface area (Å²) in [5.41, 5.74) is 0.157. The highest BCUT2D eigenvalue weighted by atomic mass is 79.9. The lowest BCUT2D eigenvalue weighted by Crippen LogP contribution is -2.43. The van der Waals surface area contributed by atoms with Gasteiger partial charge >= 0.3 is 0 Å². The first-order valence-corrected chi connectivity index (χ1v) is 9.32. The largest absolute Gasteiger partial charge is 0.243 e. The molecule has 0 atom stereocenters. The molecule has 0 bridgehead atoms. The van der Waals surface area contributed by atoms with Gasteiger partial charge in [-0.05, 0) is 36.8 Å². The number of halogens is 1. The number of alkyl halides is 1. The quantitative estimate of drug-likeness (QED) is 0.597. The summed E-state index contributed by atoms with van der Waals surface area (Å²) in [7, 11) is -3.34. The van der Waals surface area contributed by atoms with Crippen LogP contribution in [0, 0.1) is 5.41 Å². The molecule has 0 aliphatic carbocycles. The first-order valence-electron chi connectivity index (χ1n) is 6.76. The first kappa shape index (κ1) is 15.7. The molecule has 0 unspecified atom stereocenters. The summed E-state index contributed by atoms with van der Waals surface area (Å²) in [4.78, 5) is 0.384. The van der Waals surface area contributed by atoms with Crippen LogP contribution in [0.4, 0.5) is 0 Å². The maximum atomic E-state index is 12.5. The van der Waals surface area contributed by atoms with Gasteiger partial charge in [-0.3, -0.25) is 0 Å². The summed E-state index contributed by atoms with van der Waals surface area (Å²) >= 11 is 3.57. The molecule has 1 aliphatic rings. The van der Waals surface area contributed by atoms with Crippen molar-refractivity contribution in [2.75, 3.05) is 18.4 Å². The van der Waals surface area contributed by atoms with Crippen molar-refractivity contribution in [3.05, 3.63) is 43.0 Å². The average molecular weight is 358 g/mol. The molecule has 1 saturated heterocycles. The predicted octanol–water partition coefficient (Wildman–Crippen LogP) is 3.43. The molecular formula is C15H20BrNO2S. The topological polar surface area (TPSA) is 37.4 Å². The van der Waals surface area contributed by atoms with E-state index >= 15 is 0 Å². The van der Waals surface area contributed by atoms with Crippen LogP contribution >= 0.6 is 15.9 Å². The number of piperidine rings is 1. The van der Waals surface area contributed by atoms with Crippen LogP contribution in [-0.2, 0) is 10.0 Å². The van der Waals surface area contributed by atoms with E-state index in [9.17, 15) is 8.42 Å². The molecule has 0 aromatic heterocycles. The molecule has 3 nitrogen and oxygen atoms in total. The van der Waals surface area contributed by atoms with Crippen molar-refractivity contribution in [3.8, 4) is 0 Å². The van der Waals surface area contributed by atoms with E-state index in [2.05, 4.69) is 22.5 Å². The minimum atomic E-state index is -3.34. The molecule has 0 saturated carbocycles. The van der Waals surface area contributed by atoms with E-state index in [0.717, 1.165) is 24.6 Å². The molecular weight excluding hydrogens is 338 g/mol. The molecule has 0 spiro atoms. The van der Waals surface area contributed by atoms with Crippen LogP contribution < -0.4 is 0 Å². The van der Waals surface area contributed by atoms with E-state index in [1.54, 1.807) is 28.6 Å². The molecule has 0 amide bonds. The molecule has 1 aliphatic heterocycles. The lowest BCUT2D eigenvalue weighted by Gasteiger charge is -2.39. The Balaban J connectivity index is 2.13. The Morgan fingerprint density at radius 3 is 2.35 bits per heavy atom. The van der Waals surface area contributed by atoms with Crippen LogP contribution in [0.3, 0.4) is 0 Å². The van der Waals surface area contributed by atoms with E-state index in [-0.39, 0.29) is 5.41 Å². The van der Waals surface area contributed by atoms with Crippen LogP contribution in [0.5, 0.6) is 0 Å². The molecule has 5 heteroatoms. The molecule has 2 rings (SSSR count). The Kier molecular flexibility index (Phi) is 5.04. The smallest absolute Gasteiger partial charge is 0.207 e. The van der Waals surface area contributed by atoms with Crippen molar-refractivity contribution in [2.24, 2.45) is 5.41 Å². The van der Waals surface area contributed by atoms with E-state index < -0.39 is 10.0 Å². The van der Waals surface area contributed by atoms with Crippen molar-refractivity contribution in [2.45, 2.75) is 24.2 Å². The summed E-state index contributed by atoms with van der Waals surface area (Å²) in [6, 6.07) is 8.67. The maximum absolute atomic E-state index is 12.5. The SMILES string of the molecule is C=CCC1(CBr)CCN(S(=O)(=O)c2ccccc2)CC1. The van der Waals surface area contributed by atoms with Gasteiger partial charge in [0.2, 0.25) is 10.0 Å². The van der Waals surface area contributed by atoms with Gasteiger partial charge in [-0.25, -0.2) is 8.42 Å². The van der Waals surface area contributed by atoms with Crippen molar-refractivity contribution in [3.63, 3.8) is 0 Å². The molecule has 1 heterocycles. The summed E-state index contributed by atoms with van der Waals surface area (Å²) in [5, 5.41) is 0.894. The third-order valence-electron chi connectivity index (χ3n) is 4.02. The van der Waals surface area contributed by atoms with Crippen molar-refractivity contribution < 1.29 is 8.42 Å². The average Bonchev–Trinajstić information content (AvgIpc) is 2.49. The zero-order valence-electron chi connectivity index (χ0n) is 11.5. The Morgan fingerprint density at radius 1 is 1.25 bits per heavy atom. The van der Waals surface area contributed by atoms with E-state index in [1.165, 1.54) is 0 Å². The van der Waals surface area contributed by atoms with Gasteiger partial charge in [0, 0.05) is 18.4 Å². The second-order valence-corrected chi connectivity index (χ2v) is 7.84. The minimum absolute atomic E-state index is 0.157. The number of benzene rings is 1. The zero-order valence-corrected chi connectivity index (χ0v) is 13.9. The second-order valence-electron chi connectivity index (χ2n) is 5.34. The molecule has 0 N–H and O–H groups in total. The third-order valence-corrected chi connectivity index (χ3v) is 7.13. The number of hydrogen-bond donors (Lipinski definition) is 0. The van der Waals surface area contributed by atoms with Gasteiger partial charge in [0.05, 0.1) is 4.90 Å². The third kappa shape index (κ3) is 3.15. The van der Waals surface area contributed by atoms with Crippen molar-refractivity contribution in [1.82, 2.24) is 4.31 Å². The number of sulfonamides is 1. The molecule has 20 heavy (non-hydrogen) atoms. The summed E-state index contributed by atoms with van der Waals surface area (Å²) in [5.74, 6) is 0. The monoisotopic (exact) mass is 357 g/mol. The first-order chi connectivity index (χ1) is 9.54. The molecule has 1 aromatic rings. The van der Waals surface area contributed by atoms with E-state index in [4.69, 9.17) is 0 Å². The predicted molar refractivity (Wildman–Crippen MR) is 85.5 cm³/mol. The molecule has 110 valence electrons. The fourth-order valence-corrected chi connectivity index (χ4v) is 4.89. The Morgan fingerprint density at radius 2 is 1.85 bits per heavy atom. The highest BCUT2D eigenvalue weighted by Crippen LogP contribution is 2.38. The van der Waals surface area contributed by atoms with Crippen molar-refractivity contribution in [1.29, 1.82) is 0 Å². The fraction of sp³-hybridized carbons (Fsp3) is 0.467. The Labute approximate surface area is 129 Å². The Bertz CT molecular complexity index is 548. The van der Waals surface area contributed by atoms with Gasteiger partial charge in [-0.15, -0.1) is 6.58 Å². The van der Waals surface area contributed by atoms with Gasteiger partial charge in [0.15, 0.2) is 0 Å². The van der Waals surface area contributed by atoms with Gasteiger partial charge in [0.1, 0.15) is 0 Å². The lowest BCUT2D eigenvalue weighted by atomic mass is 9.78. The number of hydrogen-bond acceptors (Lipinski definition) is 2. The minimum Gasteiger partial charge on any atom is -0.207 e. The fourth-order valence-electron chi connectivity index (χ4n) is 2.64. The zero-order chi connectivity index (χ0) is 14.6. The normalized spacial score (nSPS) is 19.6. The standard InChI is InChI=1S/C15H20BrNO2S/c1-2-8-15(13-16)9-11-17(12-10-15)20(18,19)14-6-4-3-5-7-14/h2-7H,1,8-13H2. The maximum Gasteiger partial charge on any atom is 0.243 e. The summed E-state index contributed by atoms with van der Waals surface area (Å²) in [6.45, 7) is 4.97. The molecule has 0 radical (unpaired) electrons. The highest BCUT2D eigenvalue weighted by molar-refractivity contribution is 9.09. The van der Waals surface area contributed by atoms with E-state index in [0.29, 0.717) is 18.0 Å². The van der Waals surface area contributed by atoms with Crippen LogP contribution in [0.2, 0.25) is 0 Å². The number of allylic oxidation sites excluding steroid dienone is 1. The molecule has 1 aromatic carbocycles. The lowest BCUT2D eigenvalue weighted by molar-refractivity contribution is 0.184. The van der Waals surface area contributed by atoms with Gasteiger partial charge < -0.3 is 0 Å². The number of nitrogens with zero attached hydrogens (tertiary/aromatic N) is 1. The van der Waals surface area contributed by atoms with Crippen molar-refractivity contribution >= 4 is 26.0 Å². The molecule has 1 fully saturated rings. The van der Waals surface area contributed by atoms with Crippen LogP contribution in [0.1, 0.15) is 19.3 Å². The van der Waals surface area contributed by atoms with Gasteiger partial charge in [-0.1, -0.05) is 40.2 Å². The Hall–Kier alpha value is -0.650. The second kappa shape index (κ2) is 6.41. The van der Waals surface area contributed by atoms with Crippen LogP contribution in [-0.4, -0.2) is 31.1 Å². The van der Waals surface area contributed by atoms with Gasteiger partial charge in [0.25, 0.3) is 0 Å². The summed E-state index contributed by atoms with van der Waals surface area (Å²) < 4.78 is 26.7. The summed E-state index contributed by atoms with van der Waals surface area (Å²) in [6.07, 6.45) is 4.60.